The highest BCUT2D eigenvalue weighted by atomic mass is 32.2. The van der Waals surface area contributed by atoms with Crippen LogP contribution in [0.5, 0.6) is 5.75 Å². The molecule has 0 heterocycles. The molecule has 1 N–H and O–H groups in total. The summed E-state index contributed by atoms with van der Waals surface area (Å²) >= 11 is 1.69. The molecule has 4 nitrogen and oxygen atoms in total. The third kappa shape index (κ3) is 3.84. The number of benzene rings is 3. The smallest absolute Gasteiger partial charge is 0.330 e. The minimum Gasteiger partial charge on any atom is -0.488 e. The van der Waals surface area contributed by atoms with Crippen LogP contribution in [0.4, 0.5) is 0 Å². The van der Waals surface area contributed by atoms with E-state index in [9.17, 15) is 9.90 Å². The summed E-state index contributed by atoms with van der Waals surface area (Å²) in [7, 11) is 0. The predicted octanol–water partition coefficient (Wildman–Crippen LogP) is 4.18. The average molecular weight is 368 g/mol. The summed E-state index contributed by atoms with van der Waals surface area (Å²) in [6, 6.07) is 16.3. The van der Waals surface area contributed by atoms with Gasteiger partial charge in [0.25, 0.3) is 0 Å². The Morgan fingerprint density at radius 2 is 1.96 bits per heavy atom. The Kier molecular flexibility index (Phi) is 5.81. The first-order chi connectivity index (χ1) is 12.7. The van der Waals surface area contributed by atoms with Crippen LogP contribution in [0.15, 0.2) is 66.1 Å². The van der Waals surface area contributed by atoms with Crippen molar-refractivity contribution >= 4 is 39.3 Å². The van der Waals surface area contributed by atoms with Crippen LogP contribution in [-0.2, 0) is 9.53 Å². The number of esters is 1. The Hall–Kier alpha value is -2.50. The van der Waals surface area contributed by atoms with Gasteiger partial charge in [-0.15, -0.1) is 11.8 Å². The third-order valence-corrected chi connectivity index (χ3v) is 4.81. The van der Waals surface area contributed by atoms with Crippen molar-refractivity contribution in [3.8, 4) is 5.75 Å². The van der Waals surface area contributed by atoms with Crippen LogP contribution in [-0.4, -0.2) is 36.6 Å². The number of ether oxygens (including phenoxy) is 2. The number of carbonyl (C=O) groups is 1. The van der Waals surface area contributed by atoms with Gasteiger partial charge in [0.15, 0.2) is 6.10 Å². The Morgan fingerprint density at radius 1 is 1.19 bits per heavy atom. The van der Waals surface area contributed by atoms with E-state index in [1.165, 1.54) is 4.90 Å². The van der Waals surface area contributed by atoms with E-state index in [-0.39, 0.29) is 13.2 Å². The SMILES string of the molecule is C=CC(=O)OC(CO)COc1c2ccccc2cc2cc(SC)ccc12. The Labute approximate surface area is 156 Å². The van der Waals surface area contributed by atoms with Crippen LogP contribution >= 0.6 is 11.8 Å². The zero-order valence-corrected chi connectivity index (χ0v) is 15.3. The second kappa shape index (κ2) is 8.25. The largest absolute Gasteiger partial charge is 0.488 e. The summed E-state index contributed by atoms with van der Waals surface area (Å²) < 4.78 is 11.1. The summed E-state index contributed by atoms with van der Waals surface area (Å²) in [5.74, 6) is 0.138. The second-order valence-electron chi connectivity index (χ2n) is 5.77. The van der Waals surface area contributed by atoms with Crippen LogP contribution in [0.2, 0.25) is 0 Å². The van der Waals surface area contributed by atoms with Gasteiger partial charge in [-0.05, 0) is 41.3 Å². The molecule has 0 amide bonds. The zero-order valence-electron chi connectivity index (χ0n) is 14.5. The number of hydrogen-bond donors (Lipinski definition) is 1. The highest BCUT2D eigenvalue weighted by Crippen LogP contribution is 2.36. The summed E-state index contributed by atoms with van der Waals surface area (Å²) in [5.41, 5.74) is 0. The first-order valence-corrected chi connectivity index (χ1v) is 9.45. The maximum Gasteiger partial charge on any atom is 0.330 e. The molecule has 5 heteroatoms. The average Bonchev–Trinajstić information content (AvgIpc) is 2.69. The van der Waals surface area contributed by atoms with Gasteiger partial charge in [0.05, 0.1) is 6.61 Å². The van der Waals surface area contributed by atoms with Crippen molar-refractivity contribution in [1.29, 1.82) is 0 Å². The van der Waals surface area contributed by atoms with E-state index in [0.717, 1.165) is 33.4 Å². The van der Waals surface area contributed by atoms with Gasteiger partial charge in [0, 0.05) is 21.7 Å². The summed E-state index contributed by atoms with van der Waals surface area (Å²) in [5, 5.41) is 13.5. The number of aliphatic hydroxyl groups excluding tert-OH is 1. The molecule has 1 atom stereocenters. The van der Waals surface area contributed by atoms with Gasteiger partial charge < -0.3 is 14.6 Å². The predicted molar refractivity (Wildman–Crippen MR) is 106 cm³/mol. The van der Waals surface area contributed by atoms with E-state index in [0.29, 0.717) is 0 Å². The van der Waals surface area contributed by atoms with Gasteiger partial charge in [-0.25, -0.2) is 4.79 Å². The minimum absolute atomic E-state index is 0.0590. The number of thioether (sulfide) groups is 1. The van der Waals surface area contributed by atoms with Gasteiger partial charge in [-0.1, -0.05) is 30.8 Å². The second-order valence-corrected chi connectivity index (χ2v) is 6.65. The van der Waals surface area contributed by atoms with Gasteiger partial charge >= 0.3 is 5.97 Å². The Bertz CT molecular complexity index is 951. The van der Waals surface area contributed by atoms with Gasteiger partial charge in [-0.2, -0.15) is 0 Å². The van der Waals surface area contributed by atoms with E-state index in [4.69, 9.17) is 9.47 Å². The van der Waals surface area contributed by atoms with E-state index >= 15 is 0 Å². The molecular formula is C21H20O4S. The van der Waals surface area contributed by atoms with Crippen LogP contribution in [0, 0.1) is 0 Å². The molecule has 0 aliphatic carbocycles. The molecule has 0 saturated heterocycles. The van der Waals surface area contributed by atoms with Crippen LogP contribution in [0.1, 0.15) is 0 Å². The van der Waals surface area contributed by atoms with Crippen LogP contribution in [0.25, 0.3) is 21.5 Å². The maximum atomic E-state index is 11.4. The van der Waals surface area contributed by atoms with Crippen molar-refractivity contribution in [1.82, 2.24) is 0 Å². The lowest BCUT2D eigenvalue weighted by atomic mass is 10.0. The molecule has 0 fully saturated rings. The number of hydrogen-bond acceptors (Lipinski definition) is 5. The number of aliphatic hydroxyl groups is 1. The molecular weight excluding hydrogens is 348 g/mol. The van der Waals surface area contributed by atoms with Gasteiger partial charge in [-0.3, -0.25) is 0 Å². The standard InChI is InChI=1S/C21H20O4S/c1-3-20(23)25-16(12-22)13-24-21-18-7-5-4-6-14(18)10-15-11-17(26-2)8-9-19(15)21/h3-11,16,22H,1,12-13H2,2H3. The van der Waals surface area contributed by atoms with Crippen molar-refractivity contribution in [3.05, 3.63) is 61.2 Å². The van der Waals surface area contributed by atoms with E-state index in [1.807, 2.05) is 36.6 Å². The molecule has 0 bridgehead atoms. The molecule has 0 aliphatic rings. The Balaban J connectivity index is 2.01. The molecule has 0 aliphatic heterocycles. The van der Waals surface area contributed by atoms with E-state index in [1.54, 1.807) is 11.8 Å². The van der Waals surface area contributed by atoms with Crippen molar-refractivity contribution in [2.75, 3.05) is 19.5 Å². The van der Waals surface area contributed by atoms with Crippen molar-refractivity contribution < 1.29 is 19.4 Å². The molecule has 3 aromatic rings. The van der Waals surface area contributed by atoms with Crippen LogP contribution < -0.4 is 4.74 Å². The molecule has 0 aromatic heterocycles. The summed E-state index contributed by atoms with van der Waals surface area (Å²) in [6.07, 6.45) is 2.36. The van der Waals surface area contributed by atoms with Crippen molar-refractivity contribution in [2.45, 2.75) is 11.0 Å². The maximum absolute atomic E-state index is 11.4. The highest BCUT2D eigenvalue weighted by molar-refractivity contribution is 7.98. The molecule has 3 aromatic carbocycles. The lowest BCUT2D eigenvalue weighted by molar-refractivity contribution is -0.146. The molecule has 0 spiro atoms. The number of rotatable bonds is 7. The summed E-state index contributed by atoms with van der Waals surface area (Å²) in [6.45, 7) is 3.10. The first-order valence-electron chi connectivity index (χ1n) is 8.22. The first kappa shape index (κ1) is 18.3. The molecule has 0 radical (unpaired) electrons. The Morgan fingerprint density at radius 3 is 2.69 bits per heavy atom. The zero-order chi connectivity index (χ0) is 18.5. The van der Waals surface area contributed by atoms with Crippen LogP contribution in [0.3, 0.4) is 0 Å². The molecule has 0 saturated carbocycles. The normalized spacial score (nSPS) is 12.1. The quantitative estimate of drug-likeness (QED) is 0.293. The van der Waals surface area contributed by atoms with Crippen molar-refractivity contribution in [2.24, 2.45) is 0 Å². The fraction of sp³-hybridized carbons (Fsp3) is 0.190. The molecule has 1 unspecified atom stereocenters. The molecule has 26 heavy (non-hydrogen) atoms. The summed E-state index contributed by atoms with van der Waals surface area (Å²) in [4.78, 5) is 12.6. The minimum atomic E-state index is -0.750. The topological polar surface area (TPSA) is 55.8 Å². The fourth-order valence-corrected chi connectivity index (χ4v) is 3.25. The molecule has 3 rings (SSSR count). The fourth-order valence-electron chi connectivity index (χ4n) is 2.80. The lowest BCUT2D eigenvalue weighted by Gasteiger charge is -2.18. The van der Waals surface area contributed by atoms with E-state index < -0.39 is 12.1 Å². The number of carbonyl (C=O) groups excluding carboxylic acids is 1. The van der Waals surface area contributed by atoms with Gasteiger partial charge in [0.2, 0.25) is 0 Å². The third-order valence-electron chi connectivity index (χ3n) is 4.09. The lowest BCUT2D eigenvalue weighted by Crippen LogP contribution is -2.27. The van der Waals surface area contributed by atoms with E-state index in [2.05, 4.69) is 24.8 Å². The highest BCUT2D eigenvalue weighted by Gasteiger charge is 2.15. The van der Waals surface area contributed by atoms with Gasteiger partial charge in [0.1, 0.15) is 12.4 Å². The molecule has 134 valence electrons. The number of fused-ring (bicyclic) bond motifs is 2. The monoisotopic (exact) mass is 368 g/mol. The van der Waals surface area contributed by atoms with Crippen molar-refractivity contribution in [3.63, 3.8) is 0 Å².